The number of nitrogens with one attached hydrogen (secondary N) is 2. The summed E-state index contributed by atoms with van der Waals surface area (Å²) in [5.41, 5.74) is 1.25. The van der Waals surface area contributed by atoms with Gasteiger partial charge in [0.1, 0.15) is 0 Å². The highest BCUT2D eigenvalue weighted by atomic mass is 35.5. The summed E-state index contributed by atoms with van der Waals surface area (Å²) in [5.74, 6) is -0.549. The normalized spacial score (nSPS) is 10.0. The standard InChI is InChI=1S/C15H14ClFN2O2/c1-21-14-8-12(6-7-13(14)17)18-9-15(20)19-11-4-2-10(16)3-5-11/h2-8,18H,9H2,1H3,(H,19,20). The second-order valence-corrected chi connectivity index (χ2v) is 4.69. The molecule has 1 amide bonds. The number of benzene rings is 2. The predicted molar refractivity (Wildman–Crippen MR) is 81.5 cm³/mol. The van der Waals surface area contributed by atoms with Gasteiger partial charge in [0.25, 0.3) is 0 Å². The topological polar surface area (TPSA) is 50.4 Å². The van der Waals surface area contributed by atoms with Crippen molar-refractivity contribution < 1.29 is 13.9 Å². The van der Waals surface area contributed by atoms with E-state index < -0.39 is 5.82 Å². The molecule has 0 radical (unpaired) electrons. The lowest BCUT2D eigenvalue weighted by atomic mass is 10.3. The molecule has 110 valence electrons. The quantitative estimate of drug-likeness (QED) is 0.888. The van der Waals surface area contributed by atoms with Gasteiger partial charge in [-0.15, -0.1) is 0 Å². The molecule has 6 heteroatoms. The Labute approximate surface area is 126 Å². The molecule has 2 aromatic rings. The molecule has 2 rings (SSSR count). The Morgan fingerprint density at radius 1 is 1.19 bits per heavy atom. The largest absolute Gasteiger partial charge is 0.494 e. The molecule has 2 N–H and O–H groups in total. The first-order valence-corrected chi connectivity index (χ1v) is 6.59. The Hall–Kier alpha value is -2.27. The van der Waals surface area contributed by atoms with Crippen LogP contribution in [0.3, 0.4) is 0 Å². The molecule has 0 bridgehead atoms. The average molecular weight is 309 g/mol. The lowest BCUT2D eigenvalue weighted by Crippen LogP contribution is -2.21. The molecule has 0 spiro atoms. The number of anilines is 2. The number of hydrogen-bond acceptors (Lipinski definition) is 3. The lowest BCUT2D eigenvalue weighted by molar-refractivity contribution is -0.114. The molecule has 0 saturated carbocycles. The van der Waals surface area contributed by atoms with Crippen molar-refractivity contribution in [3.8, 4) is 5.75 Å². The Morgan fingerprint density at radius 3 is 2.52 bits per heavy atom. The van der Waals surface area contributed by atoms with E-state index in [1.165, 1.54) is 25.3 Å². The van der Waals surface area contributed by atoms with E-state index in [0.29, 0.717) is 16.4 Å². The van der Waals surface area contributed by atoms with Crippen LogP contribution in [0.4, 0.5) is 15.8 Å². The molecule has 0 saturated heterocycles. The van der Waals surface area contributed by atoms with Gasteiger partial charge in [-0.05, 0) is 36.4 Å². The fourth-order valence-electron chi connectivity index (χ4n) is 1.69. The maximum absolute atomic E-state index is 13.2. The highest BCUT2D eigenvalue weighted by molar-refractivity contribution is 6.30. The minimum absolute atomic E-state index is 0.0530. The molecular formula is C15H14ClFN2O2. The molecule has 21 heavy (non-hydrogen) atoms. The van der Waals surface area contributed by atoms with Gasteiger partial charge in [-0.2, -0.15) is 0 Å². The van der Waals surface area contributed by atoms with Gasteiger partial charge >= 0.3 is 0 Å². The summed E-state index contributed by atoms with van der Waals surface area (Å²) in [5, 5.41) is 6.21. The van der Waals surface area contributed by atoms with E-state index in [1.807, 2.05) is 0 Å². The zero-order chi connectivity index (χ0) is 15.2. The van der Waals surface area contributed by atoms with Crippen LogP contribution in [-0.2, 0) is 4.79 Å². The zero-order valence-corrected chi connectivity index (χ0v) is 12.1. The summed E-state index contributed by atoms with van der Waals surface area (Å²) in [4.78, 5) is 11.8. The van der Waals surface area contributed by atoms with Gasteiger partial charge in [0.2, 0.25) is 5.91 Å². The molecule has 0 aliphatic carbocycles. The van der Waals surface area contributed by atoms with Crippen molar-refractivity contribution in [2.24, 2.45) is 0 Å². The van der Waals surface area contributed by atoms with E-state index in [9.17, 15) is 9.18 Å². The Kier molecular flexibility index (Phi) is 5.00. The van der Waals surface area contributed by atoms with Crippen LogP contribution in [0.15, 0.2) is 42.5 Å². The van der Waals surface area contributed by atoms with Gasteiger partial charge in [0.05, 0.1) is 13.7 Å². The maximum atomic E-state index is 13.2. The number of methoxy groups -OCH3 is 1. The first-order valence-electron chi connectivity index (χ1n) is 6.21. The van der Waals surface area contributed by atoms with Crippen molar-refractivity contribution in [1.29, 1.82) is 0 Å². The molecular weight excluding hydrogens is 295 g/mol. The number of rotatable bonds is 5. The van der Waals surface area contributed by atoms with Crippen LogP contribution in [0.5, 0.6) is 5.75 Å². The van der Waals surface area contributed by atoms with Crippen LogP contribution in [0.1, 0.15) is 0 Å². The van der Waals surface area contributed by atoms with Gasteiger partial charge < -0.3 is 15.4 Å². The molecule has 4 nitrogen and oxygen atoms in total. The third kappa shape index (κ3) is 4.36. The molecule has 0 fully saturated rings. The van der Waals surface area contributed by atoms with Crippen LogP contribution < -0.4 is 15.4 Å². The van der Waals surface area contributed by atoms with Gasteiger partial charge in [0.15, 0.2) is 11.6 Å². The summed E-state index contributed by atoms with van der Waals surface area (Å²) >= 11 is 5.76. The minimum Gasteiger partial charge on any atom is -0.494 e. The van der Waals surface area contributed by atoms with Crippen LogP contribution in [0.25, 0.3) is 0 Å². The Balaban J connectivity index is 1.90. The monoisotopic (exact) mass is 308 g/mol. The van der Waals surface area contributed by atoms with E-state index in [0.717, 1.165) is 0 Å². The number of hydrogen-bond donors (Lipinski definition) is 2. The number of ether oxygens (including phenoxy) is 1. The molecule has 0 aliphatic rings. The number of halogens is 2. The van der Waals surface area contributed by atoms with Crippen molar-refractivity contribution in [3.05, 3.63) is 53.3 Å². The van der Waals surface area contributed by atoms with Crippen molar-refractivity contribution in [2.75, 3.05) is 24.3 Å². The molecule has 0 aromatic heterocycles. The summed E-state index contributed by atoms with van der Waals surface area (Å²) < 4.78 is 18.1. The summed E-state index contributed by atoms with van der Waals surface area (Å²) in [6.45, 7) is 0.0530. The van der Waals surface area contributed by atoms with Gasteiger partial charge in [-0.3, -0.25) is 4.79 Å². The molecule has 0 atom stereocenters. The summed E-state index contributed by atoms with van der Waals surface area (Å²) in [6.07, 6.45) is 0. The predicted octanol–water partition coefficient (Wildman–Crippen LogP) is 3.54. The SMILES string of the molecule is COc1cc(NCC(=O)Nc2ccc(Cl)cc2)ccc1F. The van der Waals surface area contributed by atoms with Crippen LogP contribution in [0.2, 0.25) is 5.02 Å². The number of carbonyl (C=O) groups is 1. The van der Waals surface area contributed by atoms with Crippen molar-refractivity contribution in [3.63, 3.8) is 0 Å². The van der Waals surface area contributed by atoms with Gasteiger partial charge in [-0.25, -0.2) is 4.39 Å². The minimum atomic E-state index is -0.450. The maximum Gasteiger partial charge on any atom is 0.243 e. The van der Waals surface area contributed by atoms with E-state index in [4.69, 9.17) is 16.3 Å². The Morgan fingerprint density at radius 2 is 1.86 bits per heavy atom. The molecule has 0 aliphatic heterocycles. The summed E-state index contributed by atoms with van der Waals surface area (Å²) in [6, 6.07) is 11.1. The third-order valence-electron chi connectivity index (χ3n) is 2.73. The van der Waals surface area contributed by atoms with Crippen molar-refractivity contribution >= 4 is 28.9 Å². The average Bonchev–Trinajstić information content (AvgIpc) is 2.49. The van der Waals surface area contributed by atoms with Crippen LogP contribution in [0, 0.1) is 5.82 Å². The smallest absolute Gasteiger partial charge is 0.243 e. The van der Waals surface area contributed by atoms with E-state index >= 15 is 0 Å². The third-order valence-corrected chi connectivity index (χ3v) is 2.98. The lowest BCUT2D eigenvalue weighted by Gasteiger charge is -2.09. The first-order chi connectivity index (χ1) is 10.1. The first kappa shape index (κ1) is 15.1. The highest BCUT2D eigenvalue weighted by Gasteiger charge is 2.05. The molecule has 0 heterocycles. The Bertz CT molecular complexity index is 632. The highest BCUT2D eigenvalue weighted by Crippen LogP contribution is 2.21. The van der Waals surface area contributed by atoms with E-state index in [2.05, 4.69) is 10.6 Å². The second-order valence-electron chi connectivity index (χ2n) is 4.26. The van der Waals surface area contributed by atoms with Crippen LogP contribution in [-0.4, -0.2) is 19.6 Å². The fraction of sp³-hybridized carbons (Fsp3) is 0.133. The zero-order valence-electron chi connectivity index (χ0n) is 11.3. The van der Waals surface area contributed by atoms with E-state index in [-0.39, 0.29) is 18.2 Å². The molecule has 0 unspecified atom stereocenters. The van der Waals surface area contributed by atoms with Gasteiger partial charge in [0, 0.05) is 22.5 Å². The van der Waals surface area contributed by atoms with Crippen molar-refractivity contribution in [2.45, 2.75) is 0 Å². The second kappa shape index (κ2) is 6.95. The fourth-order valence-corrected chi connectivity index (χ4v) is 1.82. The van der Waals surface area contributed by atoms with Gasteiger partial charge in [-0.1, -0.05) is 11.6 Å². The van der Waals surface area contributed by atoms with Crippen LogP contribution >= 0.6 is 11.6 Å². The number of carbonyl (C=O) groups excluding carboxylic acids is 1. The van der Waals surface area contributed by atoms with Crippen molar-refractivity contribution in [1.82, 2.24) is 0 Å². The molecule has 2 aromatic carbocycles. The number of amides is 1. The van der Waals surface area contributed by atoms with E-state index in [1.54, 1.807) is 24.3 Å². The summed E-state index contributed by atoms with van der Waals surface area (Å²) in [7, 11) is 1.38.